The third-order valence-electron chi connectivity index (χ3n) is 2.26. The molecule has 0 N–H and O–H groups in total. The van der Waals surface area contributed by atoms with Crippen LogP contribution in [0.3, 0.4) is 0 Å². The zero-order valence-corrected chi connectivity index (χ0v) is 8.61. The average Bonchev–Trinajstić information content (AvgIpc) is 2.27. The smallest absolute Gasteiger partial charge is 0.439 e. The summed E-state index contributed by atoms with van der Waals surface area (Å²) >= 11 is 0. The number of benzene rings is 1. The van der Waals surface area contributed by atoms with Gasteiger partial charge in [0.15, 0.2) is 11.3 Å². The molecule has 0 saturated heterocycles. The first-order valence-electron chi connectivity index (χ1n) is 4.73. The maximum Gasteiger partial charge on any atom is 0.439 e. The van der Waals surface area contributed by atoms with E-state index in [1.54, 1.807) is 13.2 Å². The van der Waals surface area contributed by atoms with Gasteiger partial charge in [0.05, 0.1) is 12.8 Å². The summed E-state index contributed by atoms with van der Waals surface area (Å²) < 4.78 is 10.2. The fraction of sp³-hybridized carbons (Fsp3) is 0.273. The first kappa shape index (κ1) is 9.71. The van der Waals surface area contributed by atoms with Crippen LogP contribution >= 0.6 is 0 Å². The van der Waals surface area contributed by atoms with Gasteiger partial charge < -0.3 is 9.15 Å². The van der Waals surface area contributed by atoms with Crippen molar-refractivity contribution >= 4 is 11.0 Å². The van der Waals surface area contributed by atoms with Gasteiger partial charge in [0.1, 0.15) is 0 Å². The molecule has 78 valence electrons. The molecule has 0 radical (unpaired) electrons. The summed E-state index contributed by atoms with van der Waals surface area (Å²) in [5.41, 5.74) is 1.21. The van der Waals surface area contributed by atoms with E-state index in [0.717, 1.165) is 11.1 Å². The Morgan fingerprint density at radius 1 is 1.47 bits per heavy atom. The van der Waals surface area contributed by atoms with Crippen LogP contribution in [0.4, 0.5) is 0 Å². The lowest BCUT2D eigenvalue weighted by atomic mass is 10.1. The SMILES string of the molecule is CCc1nc(=O)oc2c(OC)cccc12. The highest BCUT2D eigenvalue weighted by atomic mass is 16.5. The molecule has 1 aromatic carbocycles. The zero-order valence-electron chi connectivity index (χ0n) is 8.61. The van der Waals surface area contributed by atoms with Crippen molar-refractivity contribution in [1.29, 1.82) is 0 Å². The van der Waals surface area contributed by atoms with E-state index in [1.807, 2.05) is 19.1 Å². The predicted molar refractivity (Wildman–Crippen MR) is 56.2 cm³/mol. The third-order valence-corrected chi connectivity index (χ3v) is 2.26. The Bertz CT molecular complexity index is 545. The highest BCUT2D eigenvalue weighted by Gasteiger charge is 2.09. The lowest BCUT2D eigenvalue weighted by Crippen LogP contribution is -2.07. The topological polar surface area (TPSA) is 52.3 Å². The van der Waals surface area contributed by atoms with Crippen LogP contribution in [-0.4, -0.2) is 12.1 Å². The number of methoxy groups -OCH3 is 1. The zero-order chi connectivity index (χ0) is 10.8. The van der Waals surface area contributed by atoms with Gasteiger partial charge in [-0.3, -0.25) is 0 Å². The molecular formula is C11H11NO3. The molecule has 2 aromatic rings. The molecule has 0 saturated carbocycles. The van der Waals surface area contributed by atoms with Gasteiger partial charge in [-0.25, -0.2) is 4.79 Å². The van der Waals surface area contributed by atoms with E-state index in [2.05, 4.69) is 4.98 Å². The second kappa shape index (κ2) is 3.73. The van der Waals surface area contributed by atoms with Crippen LogP contribution < -0.4 is 10.5 Å². The molecule has 0 bridgehead atoms. The molecule has 4 heteroatoms. The number of hydrogen-bond acceptors (Lipinski definition) is 4. The van der Waals surface area contributed by atoms with Crippen molar-refractivity contribution in [2.45, 2.75) is 13.3 Å². The van der Waals surface area contributed by atoms with Crippen molar-refractivity contribution < 1.29 is 9.15 Å². The van der Waals surface area contributed by atoms with E-state index in [4.69, 9.17) is 9.15 Å². The van der Waals surface area contributed by atoms with Crippen LogP contribution in [0.5, 0.6) is 5.75 Å². The quantitative estimate of drug-likeness (QED) is 0.749. The standard InChI is InChI=1S/C11H11NO3/c1-3-8-7-5-4-6-9(14-2)10(7)15-11(13)12-8/h4-6H,3H2,1-2H3. The van der Waals surface area contributed by atoms with E-state index >= 15 is 0 Å². The Morgan fingerprint density at radius 3 is 2.93 bits per heavy atom. The third kappa shape index (κ3) is 1.58. The minimum atomic E-state index is -0.580. The van der Waals surface area contributed by atoms with Crippen molar-refractivity contribution in [3.8, 4) is 5.75 Å². The maximum absolute atomic E-state index is 11.2. The summed E-state index contributed by atoms with van der Waals surface area (Å²) in [4.78, 5) is 15.0. The largest absolute Gasteiger partial charge is 0.493 e. The van der Waals surface area contributed by atoms with Crippen molar-refractivity contribution in [1.82, 2.24) is 4.98 Å². The molecule has 4 nitrogen and oxygen atoms in total. The normalized spacial score (nSPS) is 10.5. The van der Waals surface area contributed by atoms with Crippen LogP contribution in [0.15, 0.2) is 27.4 Å². The van der Waals surface area contributed by atoms with Crippen molar-refractivity contribution in [3.63, 3.8) is 0 Å². The summed E-state index contributed by atoms with van der Waals surface area (Å²) in [6.45, 7) is 1.95. The van der Waals surface area contributed by atoms with Gasteiger partial charge >= 0.3 is 5.76 Å². The molecule has 0 unspecified atom stereocenters. The van der Waals surface area contributed by atoms with Gasteiger partial charge in [-0.2, -0.15) is 4.98 Å². The number of ether oxygens (including phenoxy) is 1. The Hall–Kier alpha value is -1.84. The molecule has 1 aromatic heterocycles. The molecule has 0 aliphatic carbocycles. The van der Waals surface area contributed by atoms with Crippen molar-refractivity contribution in [2.75, 3.05) is 7.11 Å². The number of aromatic nitrogens is 1. The van der Waals surface area contributed by atoms with E-state index in [1.165, 1.54) is 0 Å². The minimum Gasteiger partial charge on any atom is -0.493 e. The summed E-state index contributed by atoms with van der Waals surface area (Å²) in [6.07, 6.45) is 0.690. The molecule has 1 heterocycles. The first-order valence-corrected chi connectivity index (χ1v) is 4.73. The number of para-hydroxylation sites is 1. The fourth-order valence-corrected chi connectivity index (χ4v) is 1.56. The van der Waals surface area contributed by atoms with Crippen molar-refractivity contribution in [3.05, 3.63) is 34.4 Å². The second-order valence-electron chi connectivity index (χ2n) is 3.12. The van der Waals surface area contributed by atoms with Gasteiger partial charge in [-0.1, -0.05) is 13.0 Å². The molecule has 2 rings (SSSR count). The lowest BCUT2D eigenvalue weighted by molar-refractivity contribution is 0.404. The van der Waals surface area contributed by atoms with Gasteiger partial charge in [0, 0.05) is 5.39 Å². The van der Waals surface area contributed by atoms with E-state index in [0.29, 0.717) is 17.8 Å². The monoisotopic (exact) mass is 205 g/mol. The number of aryl methyl sites for hydroxylation is 1. The molecule has 0 atom stereocenters. The average molecular weight is 205 g/mol. The summed E-state index contributed by atoms with van der Waals surface area (Å²) in [5, 5.41) is 0.830. The molecule has 0 aliphatic rings. The Kier molecular flexibility index (Phi) is 2.41. The van der Waals surface area contributed by atoms with E-state index in [9.17, 15) is 4.79 Å². The van der Waals surface area contributed by atoms with Gasteiger partial charge in [0.2, 0.25) is 0 Å². The Morgan fingerprint density at radius 2 is 2.27 bits per heavy atom. The van der Waals surface area contributed by atoms with Crippen LogP contribution in [0.2, 0.25) is 0 Å². The van der Waals surface area contributed by atoms with Gasteiger partial charge in [-0.15, -0.1) is 0 Å². The Labute approximate surface area is 86.5 Å². The number of nitrogens with zero attached hydrogens (tertiary/aromatic N) is 1. The minimum absolute atomic E-state index is 0.469. The predicted octanol–water partition coefficient (Wildman–Crippen LogP) is 1.76. The van der Waals surface area contributed by atoms with E-state index < -0.39 is 5.76 Å². The molecule has 15 heavy (non-hydrogen) atoms. The van der Waals surface area contributed by atoms with Gasteiger partial charge in [0.25, 0.3) is 0 Å². The first-order chi connectivity index (χ1) is 7.26. The van der Waals surface area contributed by atoms with Gasteiger partial charge in [-0.05, 0) is 18.6 Å². The molecule has 0 spiro atoms. The number of rotatable bonds is 2. The fourth-order valence-electron chi connectivity index (χ4n) is 1.56. The summed E-state index contributed by atoms with van der Waals surface area (Å²) in [6, 6.07) is 5.47. The number of fused-ring (bicyclic) bond motifs is 1. The lowest BCUT2D eigenvalue weighted by Gasteiger charge is -2.05. The highest BCUT2D eigenvalue weighted by Crippen LogP contribution is 2.25. The van der Waals surface area contributed by atoms with Crippen molar-refractivity contribution in [2.24, 2.45) is 0 Å². The molecule has 0 fully saturated rings. The van der Waals surface area contributed by atoms with Crippen LogP contribution in [-0.2, 0) is 6.42 Å². The van der Waals surface area contributed by atoms with Crippen LogP contribution in [0, 0.1) is 0 Å². The summed E-state index contributed by atoms with van der Waals surface area (Å²) in [7, 11) is 1.54. The maximum atomic E-state index is 11.2. The van der Waals surface area contributed by atoms with E-state index in [-0.39, 0.29) is 0 Å². The molecule has 0 aliphatic heterocycles. The van der Waals surface area contributed by atoms with Crippen LogP contribution in [0.1, 0.15) is 12.6 Å². The summed E-state index contributed by atoms with van der Waals surface area (Å²) in [5.74, 6) is -0.0226. The molecular weight excluding hydrogens is 194 g/mol. The Balaban J connectivity index is 2.88. The highest BCUT2D eigenvalue weighted by molar-refractivity contribution is 5.84. The van der Waals surface area contributed by atoms with Crippen LogP contribution in [0.25, 0.3) is 11.0 Å². The second-order valence-corrected chi connectivity index (χ2v) is 3.12. The number of hydrogen-bond donors (Lipinski definition) is 0. The molecule has 0 amide bonds.